The molecule has 0 radical (unpaired) electrons. The number of likely N-dealkylation sites (tertiary alicyclic amines) is 1. The van der Waals surface area contributed by atoms with Gasteiger partial charge in [-0.2, -0.15) is 0 Å². The molecule has 0 aromatic rings. The third-order valence-electron chi connectivity index (χ3n) is 5.18. The lowest BCUT2D eigenvalue weighted by atomic mass is 9.68. The Bertz CT molecular complexity index is 435. The number of hydrogen-bond acceptors (Lipinski definition) is 2. The Morgan fingerprint density at radius 1 is 1.17 bits per heavy atom. The monoisotopic (exact) mass is 332 g/mol. The third kappa shape index (κ3) is 5.04. The van der Waals surface area contributed by atoms with Gasteiger partial charge in [-0.25, -0.2) is 18.4 Å². The molecule has 2 amide bonds. The van der Waals surface area contributed by atoms with E-state index in [9.17, 15) is 18.4 Å². The number of halogens is 2. The molecule has 1 saturated carbocycles. The van der Waals surface area contributed by atoms with E-state index in [1.807, 2.05) is 0 Å². The maximum atomic E-state index is 13.0. The van der Waals surface area contributed by atoms with Gasteiger partial charge in [0.25, 0.3) is 0 Å². The van der Waals surface area contributed by atoms with E-state index >= 15 is 0 Å². The second-order valence-corrected chi connectivity index (χ2v) is 7.16. The molecule has 2 N–H and O–H groups in total. The average Bonchev–Trinajstić information content (AvgIpc) is 2.46. The Morgan fingerprint density at radius 2 is 1.74 bits per heavy atom. The van der Waals surface area contributed by atoms with Crippen LogP contribution in [-0.2, 0) is 4.79 Å². The van der Waals surface area contributed by atoms with Gasteiger partial charge in [0.2, 0.25) is 5.92 Å². The molecule has 0 aromatic carbocycles. The quantitative estimate of drug-likeness (QED) is 0.830. The van der Waals surface area contributed by atoms with Gasteiger partial charge in [-0.3, -0.25) is 0 Å². The van der Waals surface area contributed by atoms with E-state index in [0.29, 0.717) is 25.4 Å². The Labute approximate surface area is 135 Å². The fourth-order valence-corrected chi connectivity index (χ4v) is 3.78. The fourth-order valence-electron chi connectivity index (χ4n) is 3.78. The molecule has 1 atom stereocenters. The van der Waals surface area contributed by atoms with Crippen molar-refractivity contribution in [1.82, 2.24) is 10.2 Å². The highest BCUT2D eigenvalue weighted by Crippen LogP contribution is 2.44. The SMILES string of the molecule is CC(F)(F)CC(NC(=O)N1CCC2(CCCCC2)CC1)C(=O)O. The van der Waals surface area contributed by atoms with Gasteiger partial charge >= 0.3 is 12.0 Å². The maximum absolute atomic E-state index is 13.0. The Morgan fingerprint density at radius 3 is 2.22 bits per heavy atom. The van der Waals surface area contributed by atoms with Crippen molar-refractivity contribution in [3.63, 3.8) is 0 Å². The van der Waals surface area contributed by atoms with E-state index in [4.69, 9.17) is 5.11 Å². The number of rotatable bonds is 4. The van der Waals surface area contributed by atoms with Gasteiger partial charge in [0.05, 0.1) is 0 Å². The summed E-state index contributed by atoms with van der Waals surface area (Å²) in [6, 6.07) is -2.11. The number of alkyl halides is 2. The molecule has 0 bridgehead atoms. The minimum Gasteiger partial charge on any atom is -0.480 e. The van der Waals surface area contributed by atoms with Crippen molar-refractivity contribution < 1.29 is 23.5 Å². The molecule has 1 spiro atoms. The number of hydrogen-bond donors (Lipinski definition) is 2. The molecule has 1 heterocycles. The molecular formula is C16H26F2N2O3. The lowest BCUT2D eigenvalue weighted by Crippen LogP contribution is -2.52. The number of urea groups is 1. The molecule has 23 heavy (non-hydrogen) atoms. The Kier molecular flexibility index (Phi) is 5.47. The Balaban J connectivity index is 1.87. The van der Waals surface area contributed by atoms with Crippen LogP contribution in [0.4, 0.5) is 13.6 Å². The summed E-state index contributed by atoms with van der Waals surface area (Å²) < 4.78 is 26.1. The van der Waals surface area contributed by atoms with Crippen molar-refractivity contribution in [2.75, 3.05) is 13.1 Å². The lowest BCUT2D eigenvalue weighted by molar-refractivity contribution is -0.141. The van der Waals surface area contributed by atoms with Crippen LogP contribution < -0.4 is 5.32 Å². The van der Waals surface area contributed by atoms with Gasteiger partial charge < -0.3 is 15.3 Å². The number of piperidine rings is 1. The summed E-state index contributed by atoms with van der Waals surface area (Å²) in [4.78, 5) is 24.8. The molecule has 1 aliphatic heterocycles. The second kappa shape index (κ2) is 7.01. The van der Waals surface area contributed by atoms with E-state index in [2.05, 4.69) is 5.32 Å². The van der Waals surface area contributed by atoms with Gasteiger partial charge in [-0.05, 0) is 38.0 Å². The summed E-state index contributed by atoms with van der Waals surface area (Å²) in [7, 11) is 0. The topological polar surface area (TPSA) is 69.6 Å². The van der Waals surface area contributed by atoms with Gasteiger partial charge in [-0.15, -0.1) is 0 Å². The molecule has 2 aliphatic rings. The zero-order chi connectivity index (χ0) is 17.1. The van der Waals surface area contributed by atoms with Crippen LogP contribution in [0.15, 0.2) is 0 Å². The summed E-state index contributed by atoms with van der Waals surface area (Å²) >= 11 is 0. The first-order valence-corrected chi connectivity index (χ1v) is 8.37. The lowest BCUT2D eigenvalue weighted by Gasteiger charge is -2.44. The van der Waals surface area contributed by atoms with Gasteiger partial charge in [0.15, 0.2) is 0 Å². The highest BCUT2D eigenvalue weighted by molar-refractivity contribution is 5.82. The molecule has 2 rings (SSSR count). The van der Waals surface area contributed by atoms with Crippen LogP contribution in [0.2, 0.25) is 0 Å². The standard InChI is InChI=1S/C16H26F2N2O3/c1-15(17,18)11-12(13(21)22)19-14(23)20-9-7-16(8-10-20)5-3-2-4-6-16/h12H,2-11H2,1H3,(H,19,23)(H,21,22). The summed E-state index contributed by atoms with van der Waals surface area (Å²) in [6.45, 7) is 1.80. The van der Waals surface area contributed by atoms with E-state index in [1.54, 1.807) is 4.90 Å². The first kappa shape index (κ1) is 17.9. The zero-order valence-electron chi connectivity index (χ0n) is 13.6. The van der Waals surface area contributed by atoms with E-state index < -0.39 is 30.4 Å². The number of carboxylic acid groups (broad SMARTS) is 1. The Hall–Kier alpha value is -1.40. The zero-order valence-corrected chi connectivity index (χ0v) is 13.6. The number of nitrogens with zero attached hydrogens (tertiary/aromatic N) is 1. The van der Waals surface area contributed by atoms with E-state index in [1.165, 1.54) is 32.1 Å². The van der Waals surface area contributed by atoms with Crippen molar-refractivity contribution in [3.8, 4) is 0 Å². The van der Waals surface area contributed by atoms with Crippen LogP contribution in [0, 0.1) is 5.41 Å². The van der Waals surface area contributed by atoms with Crippen LogP contribution in [-0.4, -0.2) is 47.1 Å². The number of carboxylic acids is 1. The number of aliphatic carboxylic acids is 1. The molecule has 1 unspecified atom stereocenters. The van der Waals surface area contributed by atoms with Gasteiger partial charge in [-0.1, -0.05) is 19.3 Å². The summed E-state index contributed by atoms with van der Waals surface area (Å²) in [5, 5.41) is 11.3. The number of nitrogens with one attached hydrogen (secondary N) is 1. The fraction of sp³-hybridized carbons (Fsp3) is 0.875. The van der Waals surface area contributed by atoms with E-state index in [0.717, 1.165) is 12.8 Å². The predicted octanol–water partition coefficient (Wildman–Crippen LogP) is 3.24. The van der Waals surface area contributed by atoms with Crippen molar-refractivity contribution in [3.05, 3.63) is 0 Å². The van der Waals surface area contributed by atoms with Gasteiger partial charge in [0, 0.05) is 19.5 Å². The normalized spacial score (nSPS) is 22.7. The van der Waals surface area contributed by atoms with Crippen molar-refractivity contribution in [2.24, 2.45) is 5.41 Å². The molecule has 2 fully saturated rings. The minimum absolute atomic E-state index is 0.331. The molecule has 1 aliphatic carbocycles. The highest BCUT2D eigenvalue weighted by Gasteiger charge is 2.38. The third-order valence-corrected chi connectivity index (χ3v) is 5.18. The first-order chi connectivity index (χ1) is 10.7. The highest BCUT2D eigenvalue weighted by atomic mass is 19.3. The smallest absolute Gasteiger partial charge is 0.326 e. The van der Waals surface area contributed by atoms with Crippen LogP contribution in [0.25, 0.3) is 0 Å². The number of carbonyl (C=O) groups excluding carboxylic acids is 1. The minimum atomic E-state index is -3.13. The molecular weight excluding hydrogens is 306 g/mol. The molecule has 5 nitrogen and oxygen atoms in total. The van der Waals surface area contributed by atoms with Crippen molar-refractivity contribution in [2.45, 2.75) is 70.3 Å². The van der Waals surface area contributed by atoms with Crippen LogP contribution in [0.5, 0.6) is 0 Å². The van der Waals surface area contributed by atoms with Crippen molar-refractivity contribution in [1.29, 1.82) is 0 Å². The van der Waals surface area contributed by atoms with Gasteiger partial charge in [0.1, 0.15) is 6.04 Å². The average molecular weight is 332 g/mol. The van der Waals surface area contributed by atoms with Crippen LogP contribution >= 0.6 is 0 Å². The van der Waals surface area contributed by atoms with E-state index in [-0.39, 0.29) is 0 Å². The maximum Gasteiger partial charge on any atom is 0.326 e. The second-order valence-electron chi connectivity index (χ2n) is 7.16. The summed E-state index contributed by atoms with van der Waals surface area (Å²) in [5.74, 6) is -4.56. The number of amides is 2. The molecule has 132 valence electrons. The van der Waals surface area contributed by atoms with Crippen molar-refractivity contribution >= 4 is 12.0 Å². The molecule has 1 saturated heterocycles. The largest absolute Gasteiger partial charge is 0.480 e. The molecule has 7 heteroatoms. The summed E-state index contributed by atoms with van der Waals surface area (Å²) in [5.41, 5.74) is 0.331. The summed E-state index contributed by atoms with van der Waals surface area (Å²) in [6.07, 6.45) is 7.08. The molecule has 0 aromatic heterocycles. The predicted molar refractivity (Wildman–Crippen MR) is 81.5 cm³/mol. The van der Waals surface area contributed by atoms with Crippen LogP contribution in [0.3, 0.4) is 0 Å². The van der Waals surface area contributed by atoms with Crippen LogP contribution in [0.1, 0.15) is 58.3 Å². The number of carbonyl (C=O) groups is 2. The first-order valence-electron chi connectivity index (χ1n) is 8.37.